The molecular weight excluding hydrogens is 535 g/mol. The molecule has 0 saturated heterocycles. The maximum atomic E-state index is 11.2. The number of hydrogen-bond donors (Lipinski definition) is 0. The molecule has 5 nitrogen and oxygen atoms in total. The Balaban J connectivity index is -0.0000000652. The second-order valence-electron chi connectivity index (χ2n) is 6.98. The summed E-state index contributed by atoms with van der Waals surface area (Å²) in [5.41, 5.74) is 0. The predicted octanol–water partition coefficient (Wildman–Crippen LogP) is 3.59. The van der Waals surface area contributed by atoms with Gasteiger partial charge in [-0.1, -0.05) is 79.1 Å². The van der Waals surface area contributed by atoms with Crippen molar-refractivity contribution in [1.82, 2.24) is 0 Å². The van der Waals surface area contributed by atoms with Crippen molar-refractivity contribution in [1.29, 1.82) is 0 Å². The van der Waals surface area contributed by atoms with Crippen molar-refractivity contribution in [3.63, 3.8) is 0 Å². The molecule has 0 aliphatic carbocycles. The van der Waals surface area contributed by atoms with Crippen LogP contribution in [0.4, 0.5) is 0 Å². The molecule has 0 aromatic rings. The van der Waals surface area contributed by atoms with Crippen LogP contribution in [0.5, 0.6) is 0 Å². The Bertz CT molecular complexity index is 206. The molecule has 0 aliphatic heterocycles. The van der Waals surface area contributed by atoms with Gasteiger partial charge < -0.3 is 20.4 Å². The summed E-state index contributed by atoms with van der Waals surface area (Å²) in [7, 11) is 0. The van der Waals surface area contributed by atoms with Crippen LogP contribution in [0.1, 0.15) is 119 Å². The molecule has 0 saturated carbocycles. The van der Waals surface area contributed by atoms with Crippen LogP contribution < -0.4 is 20.4 Å². The van der Waals surface area contributed by atoms with Crippen LogP contribution in [-0.4, -0.2) is 46.2 Å². The molecule has 31 heavy (non-hydrogen) atoms. The van der Waals surface area contributed by atoms with Gasteiger partial charge in [0.05, 0.1) is 0 Å². The van der Waals surface area contributed by atoms with Crippen molar-refractivity contribution >= 4 is 19.7 Å². The minimum absolute atomic E-state index is 0. The first-order valence-electron chi connectivity index (χ1n) is 12.3. The summed E-state index contributed by atoms with van der Waals surface area (Å²) >= 11 is -1.99. The van der Waals surface area contributed by atoms with E-state index >= 15 is 0 Å². The molecule has 7 heteroatoms. The second kappa shape index (κ2) is 57.7. The van der Waals surface area contributed by atoms with Gasteiger partial charge in [-0.15, -0.1) is 26.4 Å². The summed E-state index contributed by atoms with van der Waals surface area (Å²) in [6, 6.07) is 0. The summed E-state index contributed by atoms with van der Waals surface area (Å²) in [4.78, 5) is 0. The fourth-order valence-electron chi connectivity index (χ4n) is 1.45. The number of rotatable bonds is 14. The van der Waals surface area contributed by atoms with Gasteiger partial charge in [0, 0.05) is 0 Å². The zero-order valence-electron chi connectivity index (χ0n) is 21.8. The minimum Gasteiger partial charge on any atom is 4.00 e. The van der Waals surface area contributed by atoms with E-state index < -0.39 is 19.7 Å². The molecular formula is C24H54O5SnTi. The standard InChI is InChI=1S/4C4H9O.2C4H9.O.Sn.Ti/c4*1-2-3-4-5;2*1-3-4-2;;;/h4*2-4H2,1H3;2*1,3-4H2,2H3;;;/q4*-1;;;;;+4. The van der Waals surface area contributed by atoms with Crippen molar-refractivity contribution in [2.45, 2.75) is 127 Å². The molecule has 0 aromatic heterocycles. The Kier molecular flexibility index (Phi) is 84.9. The van der Waals surface area contributed by atoms with E-state index in [4.69, 9.17) is 0 Å². The third kappa shape index (κ3) is 90.0. The van der Waals surface area contributed by atoms with E-state index in [2.05, 4.69) is 13.8 Å². The number of hydrogen-bond acceptors (Lipinski definition) is 5. The molecule has 0 aliphatic rings. The Morgan fingerprint density at radius 2 is 0.645 bits per heavy atom. The van der Waals surface area contributed by atoms with E-state index in [1.807, 2.05) is 27.7 Å². The van der Waals surface area contributed by atoms with E-state index in [1.54, 1.807) is 0 Å². The molecule has 0 spiro atoms. The van der Waals surface area contributed by atoms with E-state index in [0.29, 0.717) is 0 Å². The smallest absolute Gasteiger partial charge is 4.00 e. The van der Waals surface area contributed by atoms with Gasteiger partial charge in [0.25, 0.3) is 0 Å². The predicted molar refractivity (Wildman–Crippen MR) is 125 cm³/mol. The van der Waals surface area contributed by atoms with Gasteiger partial charge in [0.2, 0.25) is 0 Å². The van der Waals surface area contributed by atoms with Crippen molar-refractivity contribution < 1.29 is 45.2 Å². The molecule has 0 amide bonds. The zero-order valence-corrected chi connectivity index (χ0v) is 26.2. The fourth-order valence-corrected chi connectivity index (χ4v) is 6.43. The van der Waals surface area contributed by atoms with Crippen LogP contribution in [0.15, 0.2) is 0 Å². The zero-order chi connectivity index (χ0) is 24.3. The van der Waals surface area contributed by atoms with Crippen LogP contribution in [0.25, 0.3) is 0 Å². The van der Waals surface area contributed by atoms with Crippen LogP contribution >= 0.6 is 0 Å². The van der Waals surface area contributed by atoms with Crippen LogP contribution in [-0.2, 0) is 24.8 Å². The summed E-state index contributed by atoms with van der Waals surface area (Å²) in [6.45, 7) is 12.7. The Morgan fingerprint density at radius 1 is 0.452 bits per heavy atom. The fraction of sp³-hybridized carbons (Fsp3) is 1.00. The Morgan fingerprint density at radius 3 is 0.742 bits per heavy atom. The van der Waals surface area contributed by atoms with E-state index in [9.17, 15) is 23.5 Å². The summed E-state index contributed by atoms with van der Waals surface area (Å²) in [6.07, 6.45) is 12.3. The van der Waals surface area contributed by atoms with Crippen molar-refractivity contribution in [3.8, 4) is 0 Å². The van der Waals surface area contributed by atoms with Gasteiger partial charge in [-0.05, 0) is 0 Å². The van der Waals surface area contributed by atoms with Gasteiger partial charge in [-0.2, -0.15) is 0 Å². The minimum atomic E-state index is -1.99. The maximum absolute atomic E-state index is 11.2. The average molecular weight is 589 g/mol. The third-order valence-electron chi connectivity index (χ3n) is 3.61. The monoisotopic (exact) mass is 590 g/mol. The first-order valence-corrected chi connectivity index (χ1v) is 17.5. The SMILES string of the molecule is CCCC[O-].CCCC[O-].CCCC[O-].CCCC[O-].CCC[CH2][Sn](=[O])[CH2]CCC.[Ti+4]. The van der Waals surface area contributed by atoms with Crippen molar-refractivity contribution in [2.75, 3.05) is 26.4 Å². The summed E-state index contributed by atoms with van der Waals surface area (Å²) in [5.74, 6) is 0. The Hall–Kier alpha value is 1.15. The van der Waals surface area contributed by atoms with Gasteiger partial charge >= 0.3 is 92.9 Å². The van der Waals surface area contributed by atoms with Crippen LogP contribution in [0.2, 0.25) is 8.87 Å². The third-order valence-corrected chi connectivity index (χ3v) is 8.81. The topological polar surface area (TPSA) is 109 Å². The normalized spacial score (nSPS) is 8.58. The van der Waals surface area contributed by atoms with Crippen LogP contribution in [0.3, 0.4) is 0 Å². The molecule has 0 rings (SSSR count). The van der Waals surface area contributed by atoms with E-state index in [0.717, 1.165) is 60.2 Å². The van der Waals surface area contributed by atoms with Gasteiger partial charge in [-0.25, -0.2) is 0 Å². The Labute approximate surface area is 217 Å². The van der Waals surface area contributed by atoms with Gasteiger partial charge in [-0.3, -0.25) is 0 Å². The van der Waals surface area contributed by atoms with Crippen molar-refractivity contribution in [2.24, 2.45) is 0 Å². The molecule has 0 aromatic carbocycles. The number of unbranched alkanes of at least 4 members (excludes halogenated alkanes) is 6. The molecule has 0 atom stereocenters. The van der Waals surface area contributed by atoms with E-state index in [-0.39, 0.29) is 48.1 Å². The second-order valence-corrected chi connectivity index (χ2v) is 12.9. The van der Waals surface area contributed by atoms with Gasteiger partial charge in [0.1, 0.15) is 0 Å². The largest absolute Gasteiger partial charge is 4.00 e. The average Bonchev–Trinajstić information content (AvgIpc) is 2.75. The molecule has 0 heterocycles. The van der Waals surface area contributed by atoms with E-state index in [1.165, 1.54) is 25.7 Å². The molecule has 0 fully saturated rings. The van der Waals surface area contributed by atoms with Crippen LogP contribution in [0, 0.1) is 0 Å². The molecule has 0 bridgehead atoms. The maximum Gasteiger partial charge on any atom is 4.00 e. The first kappa shape index (κ1) is 45.6. The van der Waals surface area contributed by atoms with Gasteiger partial charge in [0.15, 0.2) is 0 Å². The first-order chi connectivity index (χ1) is 14.5. The summed E-state index contributed by atoms with van der Waals surface area (Å²) in [5, 5.41) is 38.1. The molecule has 0 radical (unpaired) electrons. The summed E-state index contributed by atoms with van der Waals surface area (Å²) < 4.78 is 13.4. The molecule has 0 N–H and O–H groups in total. The molecule has 188 valence electrons. The molecule has 0 unspecified atom stereocenters. The quantitative estimate of drug-likeness (QED) is 0.288. The van der Waals surface area contributed by atoms with Crippen molar-refractivity contribution in [3.05, 3.63) is 0 Å².